The van der Waals surface area contributed by atoms with Gasteiger partial charge in [-0.1, -0.05) is 0 Å². The number of aromatic amines is 1. The number of hydrogen-bond acceptors (Lipinski definition) is 4. The summed E-state index contributed by atoms with van der Waals surface area (Å²) in [7, 11) is 0. The highest BCUT2D eigenvalue weighted by Gasteiger charge is 2.23. The van der Waals surface area contributed by atoms with Gasteiger partial charge in [-0.25, -0.2) is 0 Å². The summed E-state index contributed by atoms with van der Waals surface area (Å²) in [5, 5.41) is 15.3. The molecule has 0 spiro atoms. The maximum atomic E-state index is 11.9. The first-order chi connectivity index (χ1) is 9.17. The number of benzene rings is 1. The minimum Gasteiger partial charge on any atom is -0.365 e. The van der Waals surface area contributed by atoms with Gasteiger partial charge >= 0.3 is 0 Å². The van der Waals surface area contributed by atoms with E-state index in [4.69, 9.17) is 5.26 Å². The van der Waals surface area contributed by atoms with Gasteiger partial charge in [-0.05, 0) is 25.1 Å². The fourth-order valence-corrected chi connectivity index (χ4v) is 2.17. The molecule has 0 bridgehead atoms. The van der Waals surface area contributed by atoms with Crippen LogP contribution < -0.4 is 16.1 Å². The van der Waals surface area contributed by atoms with Gasteiger partial charge in [-0.2, -0.15) is 5.26 Å². The van der Waals surface area contributed by atoms with E-state index in [-0.39, 0.29) is 11.6 Å². The van der Waals surface area contributed by atoms with Crippen molar-refractivity contribution in [3.63, 3.8) is 0 Å². The molecule has 0 aliphatic carbocycles. The molecule has 0 radical (unpaired) electrons. The number of nitriles is 1. The molecular weight excluding hydrogens is 240 g/mol. The molecule has 2 aromatic rings. The summed E-state index contributed by atoms with van der Waals surface area (Å²) in [6, 6.07) is 9.02. The van der Waals surface area contributed by atoms with Crippen molar-refractivity contribution in [1.82, 2.24) is 4.98 Å². The summed E-state index contributed by atoms with van der Waals surface area (Å²) in [6.45, 7) is 1.84. The zero-order valence-corrected chi connectivity index (χ0v) is 10.3. The molecule has 2 heterocycles. The van der Waals surface area contributed by atoms with Gasteiger partial charge in [0.2, 0.25) is 0 Å². The quantitative estimate of drug-likeness (QED) is 0.726. The van der Waals surface area contributed by atoms with Gasteiger partial charge in [0.15, 0.2) is 5.43 Å². The molecule has 19 heavy (non-hydrogen) atoms. The molecule has 0 saturated heterocycles. The molecule has 1 aliphatic heterocycles. The van der Waals surface area contributed by atoms with E-state index in [1.807, 2.05) is 13.0 Å². The Morgan fingerprint density at radius 1 is 1.21 bits per heavy atom. The molecule has 1 unspecified atom stereocenters. The molecule has 0 fully saturated rings. The molecule has 1 aromatic carbocycles. The molecule has 5 heteroatoms. The third kappa shape index (κ3) is 1.93. The van der Waals surface area contributed by atoms with Crippen molar-refractivity contribution in [2.45, 2.75) is 13.1 Å². The molecule has 1 aromatic heterocycles. The Hall–Kier alpha value is -2.74. The molecular formula is C14H12N4O. The standard InChI is InChI=1S/C14H12N4O/c1-8-4-13(19)10(7-16-8)14-17-11-3-2-9(6-15)5-12(11)18-14/h2-5,7,14,17-18H,1H3,(H,16,19). The number of aromatic nitrogens is 1. The van der Waals surface area contributed by atoms with E-state index in [2.05, 4.69) is 21.7 Å². The number of H-pyrrole nitrogens is 1. The van der Waals surface area contributed by atoms with E-state index < -0.39 is 0 Å². The SMILES string of the molecule is Cc1cc(=O)c(C2Nc3ccc(C#N)cc3N2)c[nH]1. The molecule has 0 amide bonds. The summed E-state index contributed by atoms with van der Waals surface area (Å²) in [5.74, 6) is 0. The van der Waals surface area contributed by atoms with Crippen LogP contribution in [0.4, 0.5) is 11.4 Å². The summed E-state index contributed by atoms with van der Waals surface area (Å²) in [5.41, 5.74) is 3.76. The van der Waals surface area contributed by atoms with Gasteiger partial charge in [0.05, 0.1) is 28.6 Å². The maximum absolute atomic E-state index is 11.9. The molecule has 3 rings (SSSR count). The summed E-state index contributed by atoms with van der Waals surface area (Å²) in [4.78, 5) is 15.0. The van der Waals surface area contributed by atoms with Crippen LogP contribution in [0.5, 0.6) is 0 Å². The Kier molecular flexibility index (Phi) is 2.50. The van der Waals surface area contributed by atoms with E-state index in [1.54, 1.807) is 24.4 Å². The van der Waals surface area contributed by atoms with Gasteiger partial charge in [-0.15, -0.1) is 0 Å². The van der Waals surface area contributed by atoms with Crippen molar-refractivity contribution in [2.75, 3.05) is 10.6 Å². The number of nitrogens with zero attached hydrogens (tertiary/aromatic N) is 1. The van der Waals surface area contributed by atoms with Crippen molar-refractivity contribution in [1.29, 1.82) is 5.26 Å². The predicted octanol–water partition coefficient (Wildman–Crippen LogP) is 2.09. The number of anilines is 2. The smallest absolute Gasteiger partial charge is 0.188 e. The summed E-state index contributed by atoms with van der Waals surface area (Å²) in [6.07, 6.45) is 1.44. The second-order valence-corrected chi connectivity index (χ2v) is 4.53. The molecule has 0 saturated carbocycles. The van der Waals surface area contributed by atoms with Crippen LogP contribution in [0.2, 0.25) is 0 Å². The van der Waals surface area contributed by atoms with Gasteiger partial charge < -0.3 is 15.6 Å². The van der Waals surface area contributed by atoms with Crippen LogP contribution in [-0.4, -0.2) is 4.98 Å². The average molecular weight is 252 g/mol. The summed E-state index contributed by atoms with van der Waals surface area (Å²) >= 11 is 0. The van der Waals surface area contributed by atoms with Crippen LogP contribution in [0.3, 0.4) is 0 Å². The van der Waals surface area contributed by atoms with Gasteiger partial charge in [0.25, 0.3) is 0 Å². The Morgan fingerprint density at radius 2 is 2.00 bits per heavy atom. The van der Waals surface area contributed by atoms with E-state index in [9.17, 15) is 4.79 Å². The van der Waals surface area contributed by atoms with Crippen LogP contribution in [0.15, 0.2) is 35.3 Å². The Bertz CT molecular complexity index is 742. The second kappa shape index (κ2) is 4.18. The van der Waals surface area contributed by atoms with Crippen LogP contribution in [-0.2, 0) is 0 Å². The van der Waals surface area contributed by atoms with Crippen molar-refractivity contribution < 1.29 is 0 Å². The zero-order chi connectivity index (χ0) is 13.4. The number of rotatable bonds is 1. The van der Waals surface area contributed by atoms with Crippen LogP contribution in [0.1, 0.15) is 23.0 Å². The Balaban J connectivity index is 1.95. The normalized spacial score (nSPS) is 16.1. The largest absolute Gasteiger partial charge is 0.365 e. The lowest BCUT2D eigenvalue weighted by Gasteiger charge is -2.11. The van der Waals surface area contributed by atoms with Crippen LogP contribution in [0, 0.1) is 18.3 Å². The van der Waals surface area contributed by atoms with Crippen LogP contribution in [0.25, 0.3) is 0 Å². The lowest BCUT2D eigenvalue weighted by molar-refractivity contribution is 0.910. The van der Waals surface area contributed by atoms with Crippen LogP contribution >= 0.6 is 0 Å². The summed E-state index contributed by atoms with van der Waals surface area (Å²) < 4.78 is 0. The highest BCUT2D eigenvalue weighted by molar-refractivity contribution is 5.76. The highest BCUT2D eigenvalue weighted by Crippen LogP contribution is 2.34. The second-order valence-electron chi connectivity index (χ2n) is 4.53. The first-order valence-corrected chi connectivity index (χ1v) is 5.94. The first-order valence-electron chi connectivity index (χ1n) is 5.94. The zero-order valence-electron chi connectivity index (χ0n) is 10.3. The fourth-order valence-electron chi connectivity index (χ4n) is 2.17. The van der Waals surface area contributed by atoms with E-state index in [1.165, 1.54) is 0 Å². The van der Waals surface area contributed by atoms with E-state index in [0.717, 1.165) is 17.1 Å². The highest BCUT2D eigenvalue weighted by atomic mass is 16.1. The number of pyridine rings is 1. The maximum Gasteiger partial charge on any atom is 0.188 e. The first kappa shape index (κ1) is 11.4. The number of nitrogens with one attached hydrogen (secondary N) is 3. The van der Waals surface area contributed by atoms with Gasteiger partial charge in [-0.3, -0.25) is 4.79 Å². The minimum atomic E-state index is -0.270. The molecule has 3 N–H and O–H groups in total. The van der Waals surface area contributed by atoms with E-state index in [0.29, 0.717) is 11.1 Å². The van der Waals surface area contributed by atoms with Gasteiger partial charge in [0.1, 0.15) is 6.17 Å². The molecule has 94 valence electrons. The van der Waals surface area contributed by atoms with Gasteiger partial charge in [0, 0.05) is 18.0 Å². The topological polar surface area (TPSA) is 80.7 Å². The number of fused-ring (bicyclic) bond motifs is 1. The minimum absolute atomic E-state index is 0.0189. The van der Waals surface area contributed by atoms with Crippen molar-refractivity contribution >= 4 is 11.4 Å². The van der Waals surface area contributed by atoms with Crippen molar-refractivity contribution in [3.05, 3.63) is 57.5 Å². The fraction of sp³-hybridized carbons (Fsp3) is 0.143. The van der Waals surface area contributed by atoms with E-state index >= 15 is 0 Å². The molecule has 1 aliphatic rings. The van der Waals surface area contributed by atoms with Crippen molar-refractivity contribution in [3.8, 4) is 6.07 Å². The average Bonchev–Trinajstić information content (AvgIpc) is 2.80. The van der Waals surface area contributed by atoms with Crippen molar-refractivity contribution in [2.24, 2.45) is 0 Å². The predicted molar refractivity (Wildman–Crippen MR) is 72.9 cm³/mol. The third-order valence-corrected chi connectivity index (χ3v) is 3.15. The monoisotopic (exact) mass is 252 g/mol. The lowest BCUT2D eigenvalue weighted by atomic mass is 10.2. The molecule has 5 nitrogen and oxygen atoms in total. The Morgan fingerprint density at radius 3 is 2.74 bits per heavy atom. The Labute approximate surface area is 109 Å². The number of hydrogen-bond donors (Lipinski definition) is 3. The lowest BCUT2D eigenvalue weighted by Crippen LogP contribution is -2.21. The number of aryl methyl sites for hydroxylation is 1. The molecule has 1 atom stereocenters. The third-order valence-electron chi connectivity index (χ3n) is 3.15.